The molecule has 3 aromatic rings. The van der Waals surface area contributed by atoms with E-state index >= 15 is 0 Å². The predicted molar refractivity (Wildman–Crippen MR) is 103 cm³/mol. The molecule has 1 fully saturated rings. The molecule has 1 aromatic carbocycles. The molecule has 5 rings (SSSR count). The van der Waals surface area contributed by atoms with Gasteiger partial charge in [0.15, 0.2) is 17.1 Å². The fourth-order valence-corrected chi connectivity index (χ4v) is 4.22. The highest BCUT2D eigenvalue weighted by molar-refractivity contribution is 5.87. The molecule has 4 heterocycles. The van der Waals surface area contributed by atoms with Crippen LogP contribution in [-0.4, -0.2) is 44.4 Å². The molecule has 1 saturated heterocycles. The van der Waals surface area contributed by atoms with Gasteiger partial charge in [0.05, 0.1) is 5.52 Å². The van der Waals surface area contributed by atoms with Crippen molar-refractivity contribution in [2.45, 2.75) is 45.7 Å². The van der Waals surface area contributed by atoms with Gasteiger partial charge in [0.25, 0.3) is 0 Å². The van der Waals surface area contributed by atoms with Crippen LogP contribution in [0.5, 0.6) is 11.5 Å². The van der Waals surface area contributed by atoms with E-state index in [4.69, 9.17) is 9.47 Å². The number of aryl methyl sites for hydroxylation is 1. The van der Waals surface area contributed by atoms with Crippen LogP contribution in [0.2, 0.25) is 0 Å². The number of fused-ring (bicyclic) bond motifs is 4. The minimum Gasteiger partial charge on any atom is -0.454 e. The van der Waals surface area contributed by atoms with E-state index in [0.717, 1.165) is 36.8 Å². The van der Waals surface area contributed by atoms with E-state index in [1.165, 1.54) is 4.68 Å². The molecule has 2 aliphatic heterocycles. The molecule has 1 atom stereocenters. The molecular formula is C20H22N4O4. The average Bonchev–Trinajstić information content (AvgIpc) is 3.25. The number of pyridine rings is 1. The van der Waals surface area contributed by atoms with Gasteiger partial charge < -0.3 is 14.4 Å². The van der Waals surface area contributed by atoms with Crippen molar-refractivity contribution in [1.29, 1.82) is 0 Å². The molecule has 0 saturated carbocycles. The monoisotopic (exact) mass is 382 g/mol. The third kappa shape index (κ3) is 2.55. The zero-order valence-corrected chi connectivity index (χ0v) is 16.0. The highest BCUT2D eigenvalue weighted by atomic mass is 16.7. The van der Waals surface area contributed by atoms with Gasteiger partial charge in [0.2, 0.25) is 12.7 Å². The minimum atomic E-state index is -0.319. The lowest BCUT2D eigenvalue weighted by Crippen LogP contribution is -2.44. The number of amides is 1. The van der Waals surface area contributed by atoms with Crippen molar-refractivity contribution >= 4 is 22.5 Å². The molecule has 1 unspecified atom stereocenters. The van der Waals surface area contributed by atoms with Crippen molar-refractivity contribution in [2.75, 3.05) is 13.3 Å². The van der Waals surface area contributed by atoms with Gasteiger partial charge in [0, 0.05) is 24.0 Å². The van der Waals surface area contributed by atoms with Crippen LogP contribution in [0.4, 0.5) is 0 Å². The normalized spacial score (nSPS) is 18.9. The molecule has 8 heteroatoms. The quantitative estimate of drug-likeness (QED) is 0.678. The highest BCUT2D eigenvalue weighted by Crippen LogP contribution is 2.36. The summed E-state index contributed by atoms with van der Waals surface area (Å²) in [5, 5.41) is 5.33. The first-order valence-corrected chi connectivity index (χ1v) is 9.65. The maximum atomic E-state index is 13.1. The summed E-state index contributed by atoms with van der Waals surface area (Å²) >= 11 is 0. The third-order valence-electron chi connectivity index (χ3n) is 5.74. The number of piperidine rings is 1. The maximum Gasteiger partial charge on any atom is 0.351 e. The van der Waals surface area contributed by atoms with E-state index in [1.807, 2.05) is 24.0 Å². The summed E-state index contributed by atoms with van der Waals surface area (Å²) in [6.07, 6.45) is 3.15. The van der Waals surface area contributed by atoms with Crippen LogP contribution in [0.1, 0.15) is 31.7 Å². The van der Waals surface area contributed by atoms with Crippen LogP contribution in [-0.2, 0) is 11.3 Å². The largest absolute Gasteiger partial charge is 0.454 e. The summed E-state index contributed by atoms with van der Waals surface area (Å²) in [5.41, 5.74) is 1.79. The van der Waals surface area contributed by atoms with Crippen LogP contribution >= 0.6 is 0 Å². The molecule has 0 radical (unpaired) electrons. The first-order valence-electron chi connectivity index (χ1n) is 9.65. The first-order chi connectivity index (χ1) is 13.5. The van der Waals surface area contributed by atoms with E-state index < -0.39 is 0 Å². The minimum absolute atomic E-state index is 0.0453. The van der Waals surface area contributed by atoms with E-state index in [-0.39, 0.29) is 31.0 Å². The lowest BCUT2D eigenvalue weighted by molar-refractivity contribution is -0.135. The number of carbonyl (C=O) groups is 1. The second-order valence-electron chi connectivity index (χ2n) is 7.62. The average molecular weight is 382 g/mol. The molecule has 28 heavy (non-hydrogen) atoms. The molecule has 2 aliphatic rings. The van der Waals surface area contributed by atoms with Gasteiger partial charge in [-0.2, -0.15) is 0 Å². The Morgan fingerprint density at radius 2 is 2.00 bits per heavy atom. The van der Waals surface area contributed by atoms with Gasteiger partial charge in [-0.15, -0.1) is 5.10 Å². The van der Waals surface area contributed by atoms with Crippen LogP contribution in [0, 0.1) is 6.92 Å². The smallest absolute Gasteiger partial charge is 0.351 e. The van der Waals surface area contributed by atoms with Crippen LogP contribution in [0.25, 0.3) is 16.6 Å². The van der Waals surface area contributed by atoms with Crippen molar-refractivity contribution in [1.82, 2.24) is 19.1 Å². The van der Waals surface area contributed by atoms with E-state index in [0.29, 0.717) is 22.7 Å². The van der Waals surface area contributed by atoms with Gasteiger partial charge in [-0.3, -0.25) is 4.79 Å². The SMILES string of the molecule is Cc1cc2cc3c(cc2n2c(=O)n(CC(=O)N4CCCCC4C)nc12)OCO3. The molecular weight excluding hydrogens is 360 g/mol. The Bertz CT molecular complexity index is 1160. The molecule has 0 N–H and O–H groups in total. The van der Waals surface area contributed by atoms with Crippen molar-refractivity contribution in [3.8, 4) is 11.5 Å². The Labute approximate surface area is 161 Å². The lowest BCUT2D eigenvalue weighted by Gasteiger charge is -2.33. The molecule has 2 aromatic heterocycles. The number of ether oxygens (including phenoxy) is 2. The van der Waals surface area contributed by atoms with Crippen molar-refractivity contribution < 1.29 is 14.3 Å². The first kappa shape index (κ1) is 17.1. The van der Waals surface area contributed by atoms with Crippen LogP contribution in [0.15, 0.2) is 23.0 Å². The van der Waals surface area contributed by atoms with Crippen molar-refractivity contribution in [3.05, 3.63) is 34.2 Å². The number of carbonyl (C=O) groups excluding carboxylic acids is 1. The van der Waals surface area contributed by atoms with Gasteiger partial charge in [0.1, 0.15) is 6.54 Å². The molecule has 0 spiro atoms. The summed E-state index contributed by atoms with van der Waals surface area (Å²) in [7, 11) is 0. The van der Waals surface area contributed by atoms with Gasteiger partial charge in [-0.05, 0) is 50.8 Å². The summed E-state index contributed by atoms with van der Waals surface area (Å²) in [6, 6.07) is 5.84. The molecule has 0 bridgehead atoms. The second-order valence-corrected chi connectivity index (χ2v) is 7.62. The Balaban J connectivity index is 1.60. The zero-order valence-electron chi connectivity index (χ0n) is 16.0. The predicted octanol–water partition coefficient (Wildman–Crippen LogP) is 2.09. The lowest BCUT2D eigenvalue weighted by atomic mass is 10.0. The summed E-state index contributed by atoms with van der Waals surface area (Å²) in [6.45, 7) is 4.84. The second kappa shape index (κ2) is 6.25. The Morgan fingerprint density at radius 3 is 2.79 bits per heavy atom. The Kier molecular flexibility index (Phi) is 3.82. The summed E-state index contributed by atoms with van der Waals surface area (Å²) in [4.78, 5) is 27.8. The van der Waals surface area contributed by atoms with Crippen LogP contribution in [0.3, 0.4) is 0 Å². The maximum absolute atomic E-state index is 13.1. The number of nitrogens with zero attached hydrogens (tertiary/aromatic N) is 4. The van der Waals surface area contributed by atoms with Gasteiger partial charge in [-0.25, -0.2) is 13.9 Å². The van der Waals surface area contributed by atoms with Crippen LogP contribution < -0.4 is 15.2 Å². The summed E-state index contributed by atoms with van der Waals surface area (Å²) < 4.78 is 13.7. The number of likely N-dealkylation sites (tertiary alicyclic amines) is 1. The van der Waals surface area contributed by atoms with Gasteiger partial charge in [-0.1, -0.05) is 0 Å². The van der Waals surface area contributed by atoms with E-state index in [1.54, 1.807) is 10.5 Å². The number of hydrogen-bond acceptors (Lipinski definition) is 5. The van der Waals surface area contributed by atoms with Crippen molar-refractivity contribution in [3.63, 3.8) is 0 Å². The molecule has 1 amide bonds. The number of rotatable bonds is 2. The number of benzene rings is 1. The van der Waals surface area contributed by atoms with E-state index in [2.05, 4.69) is 12.0 Å². The number of hydrogen-bond donors (Lipinski definition) is 0. The summed E-state index contributed by atoms with van der Waals surface area (Å²) in [5.74, 6) is 1.22. The van der Waals surface area contributed by atoms with E-state index in [9.17, 15) is 9.59 Å². The highest BCUT2D eigenvalue weighted by Gasteiger charge is 2.25. The third-order valence-corrected chi connectivity index (χ3v) is 5.74. The fraction of sp³-hybridized carbons (Fsp3) is 0.450. The zero-order chi connectivity index (χ0) is 19.4. The Hall–Kier alpha value is -3.03. The molecule has 8 nitrogen and oxygen atoms in total. The fourth-order valence-electron chi connectivity index (χ4n) is 4.22. The van der Waals surface area contributed by atoms with Crippen molar-refractivity contribution in [2.24, 2.45) is 0 Å². The Morgan fingerprint density at radius 1 is 1.21 bits per heavy atom. The number of aromatic nitrogens is 3. The van der Waals surface area contributed by atoms with Gasteiger partial charge >= 0.3 is 5.69 Å². The standard InChI is InChI=1S/C20H22N4O4/c1-12-7-14-8-16-17(28-11-27-16)9-15(14)24-19(12)21-23(20(24)26)10-18(25)22-6-4-3-5-13(22)2/h7-9,13H,3-6,10-11H2,1-2H3. The molecule has 146 valence electrons. The molecule has 0 aliphatic carbocycles. The topological polar surface area (TPSA) is 78.1 Å².